The zero-order chi connectivity index (χ0) is 12.4. The van der Waals surface area contributed by atoms with E-state index in [-0.39, 0.29) is 0 Å². The predicted octanol–water partition coefficient (Wildman–Crippen LogP) is 2.17. The van der Waals surface area contributed by atoms with Gasteiger partial charge in [-0.3, -0.25) is 9.67 Å². The summed E-state index contributed by atoms with van der Waals surface area (Å²) < 4.78 is 1.83. The molecule has 1 saturated carbocycles. The number of thioether (sulfide) groups is 1. The largest absolute Gasteiger partial charge is 0.362 e. The Morgan fingerprint density at radius 3 is 3.22 bits per heavy atom. The third-order valence-corrected chi connectivity index (χ3v) is 4.93. The van der Waals surface area contributed by atoms with E-state index in [2.05, 4.69) is 15.4 Å². The second-order valence-electron chi connectivity index (χ2n) is 5.25. The molecule has 2 heterocycles. The van der Waals surface area contributed by atoms with Crippen molar-refractivity contribution in [1.82, 2.24) is 15.1 Å². The SMILES string of the molecule is Cn1cc(CN=C2NC3CCCCC3CS2)cn1. The topological polar surface area (TPSA) is 42.2 Å². The summed E-state index contributed by atoms with van der Waals surface area (Å²) in [6.07, 6.45) is 9.40. The Morgan fingerprint density at radius 2 is 2.39 bits per heavy atom. The van der Waals surface area contributed by atoms with Gasteiger partial charge < -0.3 is 5.32 Å². The molecule has 2 fully saturated rings. The maximum atomic E-state index is 4.67. The van der Waals surface area contributed by atoms with E-state index >= 15 is 0 Å². The smallest absolute Gasteiger partial charge is 0.157 e. The Morgan fingerprint density at radius 1 is 1.50 bits per heavy atom. The van der Waals surface area contributed by atoms with Crippen molar-refractivity contribution in [3.05, 3.63) is 18.0 Å². The fraction of sp³-hybridized carbons (Fsp3) is 0.692. The first-order valence-electron chi connectivity index (χ1n) is 6.72. The van der Waals surface area contributed by atoms with Gasteiger partial charge in [-0.25, -0.2) is 0 Å². The van der Waals surface area contributed by atoms with Gasteiger partial charge in [-0.2, -0.15) is 5.10 Å². The van der Waals surface area contributed by atoms with Crippen LogP contribution in [0.4, 0.5) is 0 Å². The van der Waals surface area contributed by atoms with Crippen molar-refractivity contribution in [3.63, 3.8) is 0 Å². The fourth-order valence-corrected chi connectivity index (χ4v) is 3.95. The van der Waals surface area contributed by atoms with Gasteiger partial charge in [0.25, 0.3) is 0 Å². The number of nitrogens with zero attached hydrogens (tertiary/aromatic N) is 3. The van der Waals surface area contributed by atoms with Crippen LogP contribution in [0.25, 0.3) is 0 Å². The fourth-order valence-electron chi connectivity index (χ4n) is 2.79. The van der Waals surface area contributed by atoms with Gasteiger partial charge in [-0.05, 0) is 18.8 Å². The molecule has 1 N–H and O–H groups in total. The minimum atomic E-state index is 0.674. The number of fused-ring (bicyclic) bond motifs is 1. The lowest BCUT2D eigenvalue weighted by atomic mass is 9.86. The quantitative estimate of drug-likeness (QED) is 0.890. The minimum Gasteiger partial charge on any atom is -0.362 e. The molecule has 2 aliphatic rings. The van der Waals surface area contributed by atoms with E-state index in [1.54, 1.807) is 0 Å². The number of hydrogen-bond acceptors (Lipinski definition) is 3. The molecule has 0 bridgehead atoms. The van der Waals surface area contributed by atoms with Crippen molar-refractivity contribution in [3.8, 4) is 0 Å². The van der Waals surface area contributed by atoms with Crippen molar-refractivity contribution in [1.29, 1.82) is 0 Å². The summed E-state index contributed by atoms with van der Waals surface area (Å²) in [5, 5.41) is 8.91. The zero-order valence-corrected chi connectivity index (χ0v) is 11.6. The minimum absolute atomic E-state index is 0.674. The number of hydrogen-bond donors (Lipinski definition) is 1. The van der Waals surface area contributed by atoms with Crippen molar-refractivity contribution in [2.24, 2.45) is 18.0 Å². The molecular formula is C13H20N4S. The molecule has 0 radical (unpaired) electrons. The van der Waals surface area contributed by atoms with Crippen LogP contribution in [0, 0.1) is 5.92 Å². The van der Waals surface area contributed by atoms with Crippen LogP contribution in [0.1, 0.15) is 31.2 Å². The Balaban J connectivity index is 1.59. The molecule has 1 saturated heterocycles. The second kappa shape index (κ2) is 5.34. The van der Waals surface area contributed by atoms with Crippen LogP contribution in [0.3, 0.4) is 0 Å². The average molecular weight is 264 g/mol. The molecule has 1 aliphatic heterocycles. The highest BCUT2D eigenvalue weighted by molar-refractivity contribution is 8.13. The summed E-state index contributed by atoms with van der Waals surface area (Å²) in [6, 6.07) is 0.674. The van der Waals surface area contributed by atoms with Crippen LogP contribution in [0.5, 0.6) is 0 Å². The van der Waals surface area contributed by atoms with E-state index in [0.717, 1.165) is 17.6 Å². The molecule has 0 spiro atoms. The van der Waals surface area contributed by atoms with E-state index in [1.807, 2.05) is 35.9 Å². The van der Waals surface area contributed by atoms with Crippen molar-refractivity contribution >= 4 is 16.9 Å². The lowest BCUT2D eigenvalue weighted by molar-refractivity contribution is 0.311. The van der Waals surface area contributed by atoms with Crippen LogP contribution in [0.2, 0.25) is 0 Å². The number of aliphatic imine (C=N–C) groups is 1. The van der Waals surface area contributed by atoms with E-state index in [4.69, 9.17) is 0 Å². The van der Waals surface area contributed by atoms with Crippen LogP contribution >= 0.6 is 11.8 Å². The third kappa shape index (κ3) is 2.71. The second-order valence-corrected chi connectivity index (χ2v) is 6.26. The number of aryl methyl sites for hydroxylation is 1. The molecule has 0 aromatic carbocycles. The van der Waals surface area contributed by atoms with Gasteiger partial charge >= 0.3 is 0 Å². The number of rotatable bonds is 2. The molecule has 18 heavy (non-hydrogen) atoms. The van der Waals surface area contributed by atoms with Gasteiger partial charge in [0.15, 0.2) is 5.17 Å². The molecule has 2 atom stereocenters. The van der Waals surface area contributed by atoms with Gasteiger partial charge in [-0.15, -0.1) is 0 Å². The van der Waals surface area contributed by atoms with E-state index < -0.39 is 0 Å². The first-order valence-corrected chi connectivity index (χ1v) is 7.71. The van der Waals surface area contributed by atoms with Gasteiger partial charge in [-0.1, -0.05) is 24.6 Å². The van der Waals surface area contributed by atoms with Crippen LogP contribution in [-0.4, -0.2) is 26.7 Å². The summed E-state index contributed by atoms with van der Waals surface area (Å²) in [5.74, 6) is 2.10. The summed E-state index contributed by atoms with van der Waals surface area (Å²) in [6.45, 7) is 0.737. The monoisotopic (exact) mass is 264 g/mol. The Labute approximate surface area is 112 Å². The molecule has 1 aromatic rings. The number of amidine groups is 1. The summed E-state index contributed by atoms with van der Waals surface area (Å²) in [4.78, 5) is 4.67. The van der Waals surface area contributed by atoms with Crippen molar-refractivity contribution < 1.29 is 0 Å². The van der Waals surface area contributed by atoms with Crippen LogP contribution < -0.4 is 5.32 Å². The first-order chi connectivity index (χ1) is 8.81. The number of nitrogens with one attached hydrogen (secondary N) is 1. The Bertz CT molecular complexity index is 440. The molecule has 2 unspecified atom stereocenters. The third-order valence-electron chi connectivity index (χ3n) is 3.82. The first kappa shape index (κ1) is 12.1. The molecule has 1 aliphatic carbocycles. The highest BCUT2D eigenvalue weighted by Crippen LogP contribution is 2.31. The van der Waals surface area contributed by atoms with Crippen molar-refractivity contribution in [2.45, 2.75) is 38.3 Å². The molecule has 5 heteroatoms. The Kier molecular flexibility index (Phi) is 3.59. The van der Waals surface area contributed by atoms with Gasteiger partial charge in [0.05, 0.1) is 12.7 Å². The van der Waals surface area contributed by atoms with Gasteiger partial charge in [0, 0.05) is 30.6 Å². The van der Waals surface area contributed by atoms with Gasteiger partial charge in [0.2, 0.25) is 0 Å². The van der Waals surface area contributed by atoms with Crippen LogP contribution in [-0.2, 0) is 13.6 Å². The van der Waals surface area contributed by atoms with Crippen molar-refractivity contribution in [2.75, 3.05) is 5.75 Å². The molecule has 1 aromatic heterocycles. The summed E-state index contributed by atoms with van der Waals surface area (Å²) in [5.41, 5.74) is 1.18. The maximum Gasteiger partial charge on any atom is 0.157 e. The highest BCUT2D eigenvalue weighted by atomic mass is 32.2. The van der Waals surface area contributed by atoms with Gasteiger partial charge in [0.1, 0.15) is 0 Å². The lowest BCUT2D eigenvalue weighted by Crippen LogP contribution is -2.46. The van der Waals surface area contributed by atoms with E-state index in [0.29, 0.717) is 6.04 Å². The van der Waals surface area contributed by atoms with Crippen LogP contribution in [0.15, 0.2) is 17.4 Å². The standard InChI is InChI=1S/C13H20N4S/c1-17-8-10(7-15-17)6-14-13-16-12-5-3-2-4-11(12)9-18-13/h7-8,11-12H,2-6,9H2,1H3,(H,14,16). The zero-order valence-electron chi connectivity index (χ0n) is 10.8. The highest BCUT2D eigenvalue weighted by Gasteiger charge is 2.29. The molecular weight excluding hydrogens is 244 g/mol. The normalized spacial score (nSPS) is 29.9. The Hall–Kier alpha value is -0.970. The molecule has 0 amide bonds. The number of aromatic nitrogens is 2. The predicted molar refractivity (Wildman–Crippen MR) is 75.7 cm³/mol. The molecule has 98 valence electrons. The molecule has 3 rings (SSSR count). The van der Waals surface area contributed by atoms with E-state index in [1.165, 1.54) is 37.0 Å². The summed E-state index contributed by atoms with van der Waals surface area (Å²) >= 11 is 1.89. The molecule has 4 nitrogen and oxygen atoms in total. The average Bonchev–Trinajstić information content (AvgIpc) is 2.82. The lowest BCUT2D eigenvalue weighted by Gasteiger charge is -2.36. The van der Waals surface area contributed by atoms with E-state index in [9.17, 15) is 0 Å². The maximum absolute atomic E-state index is 4.67. The summed E-state index contributed by atoms with van der Waals surface area (Å²) in [7, 11) is 1.94.